The molecule has 0 spiro atoms. The number of ether oxygens (including phenoxy) is 1. The number of fused-ring (bicyclic) bond motifs is 1. The summed E-state index contributed by atoms with van der Waals surface area (Å²) in [5.74, 6) is 0.370. The van der Waals surface area contributed by atoms with Crippen molar-refractivity contribution in [1.82, 2.24) is 25.1 Å². The van der Waals surface area contributed by atoms with E-state index in [0.717, 1.165) is 11.3 Å². The zero-order valence-electron chi connectivity index (χ0n) is 18.4. The molecule has 0 aliphatic rings. The maximum atomic E-state index is 10.8. The van der Waals surface area contributed by atoms with E-state index in [9.17, 15) is 4.79 Å². The summed E-state index contributed by atoms with van der Waals surface area (Å²) < 4.78 is 7.09. The summed E-state index contributed by atoms with van der Waals surface area (Å²) in [6.07, 6.45) is 9.91. The minimum Gasteiger partial charge on any atom is -0.482 e. The topological polar surface area (TPSA) is 81.9 Å². The molecule has 0 amide bonds. The van der Waals surface area contributed by atoms with Gasteiger partial charge in [0.1, 0.15) is 5.76 Å². The molecule has 3 heterocycles. The number of allylic oxidation sites excluding steroid dienone is 4. The number of rotatable bonds is 7. The summed E-state index contributed by atoms with van der Waals surface area (Å²) in [5, 5.41) is 10.6. The van der Waals surface area contributed by atoms with E-state index in [-0.39, 0.29) is 84.6 Å². The molecule has 1 radical (unpaired) electrons. The van der Waals surface area contributed by atoms with E-state index < -0.39 is 0 Å². The van der Waals surface area contributed by atoms with Gasteiger partial charge in [-0.3, -0.25) is 10.3 Å². The smallest absolute Gasteiger partial charge is 0.482 e. The molecule has 0 atom stereocenters. The summed E-state index contributed by atoms with van der Waals surface area (Å²) in [6, 6.07) is 3.60. The maximum Gasteiger partial charge on any atom is 1.00 e. The third-order valence-electron chi connectivity index (χ3n) is 3.58. The number of carbonyl (C=O) groups is 1. The fourth-order valence-corrected chi connectivity index (χ4v) is 2.54. The first-order valence-electron chi connectivity index (χ1n) is 8.96. The average molecular weight is 715 g/mol. The van der Waals surface area contributed by atoms with E-state index in [1.807, 2.05) is 7.05 Å². The Hall–Kier alpha value is -0.342. The van der Waals surface area contributed by atoms with Crippen molar-refractivity contribution in [3.8, 4) is 11.7 Å². The first-order valence-corrected chi connectivity index (χ1v) is 10.2. The number of nitrogens with zero attached hydrogens (tertiary/aromatic N) is 4. The van der Waals surface area contributed by atoms with Gasteiger partial charge in [0.25, 0.3) is 0 Å². The molecule has 1 N–H and O–H groups in total. The van der Waals surface area contributed by atoms with E-state index >= 15 is 0 Å². The predicted octanol–water partition coefficient (Wildman–Crippen LogP) is 1.30. The Bertz CT molecular complexity index is 1080. The Morgan fingerprint density at radius 3 is 2.66 bits per heavy atom. The minimum absolute atomic E-state index is 0. The van der Waals surface area contributed by atoms with Crippen LogP contribution in [0.3, 0.4) is 0 Å². The van der Waals surface area contributed by atoms with Crippen LogP contribution in [0.4, 0.5) is 0 Å². The van der Waals surface area contributed by atoms with Crippen LogP contribution in [-0.2, 0) is 20.4 Å². The summed E-state index contributed by atoms with van der Waals surface area (Å²) in [4.78, 5) is 19.6. The van der Waals surface area contributed by atoms with Gasteiger partial charge in [0, 0.05) is 44.5 Å². The molecular formula is C21H21ClN5O2RbReS-2. The van der Waals surface area contributed by atoms with Gasteiger partial charge in [-0.2, -0.15) is 10.8 Å². The van der Waals surface area contributed by atoms with Gasteiger partial charge >= 0.3 is 58.2 Å². The van der Waals surface area contributed by atoms with E-state index in [4.69, 9.17) is 16.3 Å². The van der Waals surface area contributed by atoms with Crippen LogP contribution in [0.5, 0.6) is 6.01 Å². The molecule has 0 unspecified atom stereocenters. The van der Waals surface area contributed by atoms with Crippen molar-refractivity contribution in [2.75, 3.05) is 7.05 Å². The number of aromatic nitrogens is 4. The summed E-state index contributed by atoms with van der Waals surface area (Å²) in [5.41, 5.74) is 1.53. The molecular weight excluding hydrogens is 693 g/mol. The Kier molecular flexibility index (Phi) is 16.1. The molecule has 3 rings (SSSR count). The molecule has 0 aromatic carbocycles. The van der Waals surface area contributed by atoms with Crippen molar-refractivity contribution < 1.29 is 88.1 Å². The third-order valence-corrected chi connectivity index (χ3v) is 4.70. The number of thiophene rings is 1. The van der Waals surface area contributed by atoms with Crippen LogP contribution in [0.1, 0.15) is 30.4 Å². The van der Waals surface area contributed by atoms with Crippen molar-refractivity contribution in [3.05, 3.63) is 64.3 Å². The molecule has 0 bridgehead atoms. The first kappa shape index (κ1) is 31.7. The van der Waals surface area contributed by atoms with Gasteiger partial charge in [0.2, 0.25) is 6.01 Å². The SMILES string of the molecule is C=C/C=C(Oc1n[c-]c2c(cnn2-c2[c-]sc(C=O)[c-]2)n1)\C(Cl)=C/C.CNC(C)C.[Rb+].[Re]. The molecule has 11 heteroatoms. The van der Waals surface area contributed by atoms with Crippen molar-refractivity contribution in [1.29, 1.82) is 0 Å². The van der Waals surface area contributed by atoms with Crippen LogP contribution in [0.2, 0.25) is 0 Å². The Labute approximate surface area is 259 Å². The van der Waals surface area contributed by atoms with Gasteiger partial charge < -0.3 is 46.9 Å². The Balaban J connectivity index is 0.00000124. The second-order valence-corrected chi connectivity index (χ2v) is 7.27. The van der Waals surface area contributed by atoms with Crippen molar-refractivity contribution >= 4 is 40.3 Å². The van der Waals surface area contributed by atoms with Crippen LogP contribution in [0, 0.1) is 17.6 Å². The molecule has 0 aliphatic heterocycles. The first-order chi connectivity index (χ1) is 14.4. The van der Waals surface area contributed by atoms with Gasteiger partial charge in [-0.1, -0.05) is 44.2 Å². The Morgan fingerprint density at radius 1 is 1.44 bits per heavy atom. The summed E-state index contributed by atoms with van der Waals surface area (Å²) in [6.45, 7) is 9.62. The van der Waals surface area contributed by atoms with Crippen LogP contribution in [0.25, 0.3) is 16.7 Å². The number of hydrogen-bond acceptors (Lipinski definition) is 7. The number of nitrogens with one attached hydrogen (secondary N) is 1. The molecule has 0 saturated carbocycles. The van der Waals surface area contributed by atoms with Gasteiger partial charge in [-0.05, 0) is 31.8 Å². The molecule has 32 heavy (non-hydrogen) atoms. The van der Waals surface area contributed by atoms with Gasteiger partial charge in [-0.25, -0.2) is 0 Å². The average Bonchev–Trinajstić information content (AvgIpc) is 3.39. The number of hydrogen-bond donors (Lipinski definition) is 1. The monoisotopic (exact) mass is 714 g/mol. The van der Waals surface area contributed by atoms with Crippen molar-refractivity contribution in [2.24, 2.45) is 0 Å². The van der Waals surface area contributed by atoms with Crippen molar-refractivity contribution in [3.63, 3.8) is 0 Å². The minimum atomic E-state index is 0. The molecule has 165 valence electrons. The van der Waals surface area contributed by atoms with Gasteiger partial charge in [-0.15, -0.1) is 0 Å². The molecule has 0 fully saturated rings. The number of carbonyl (C=O) groups excluding carboxylic acids is 1. The zero-order valence-corrected chi connectivity index (χ0v) is 27.6. The van der Waals surface area contributed by atoms with Gasteiger partial charge in [0.05, 0.1) is 5.03 Å². The quantitative estimate of drug-likeness (QED) is 0.172. The van der Waals surface area contributed by atoms with E-state index in [1.54, 1.807) is 25.2 Å². The Morgan fingerprint density at radius 2 is 2.12 bits per heavy atom. The fraction of sp³-hybridized carbons (Fsp3) is 0.238. The third kappa shape index (κ3) is 9.13. The number of halogens is 1. The normalized spacial score (nSPS) is 11.2. The fourth-order valence-electron chi connectivity index (χ4n) is 1.90. The van der Waals surface area contributed by atoms with E-state index in [1.165, 1.54) is 10.9 Å². The maximum absolute atomic E-state index is 10.8. The van der Waals surface area contributed by atoms with Crippen LogP contribution in [-0.4, -0.2) is 39.1 Å². The molecule has 0 aliphatic carbocycles. The molecule has 0 saturated heterocycles. The molecule has 3 aromatic rings. The molecule has 3 aromatic heterocycles. The standard InChI is InChI=1S/C17H10ClN4O2S.C4H11N.Rb.Re/c1-3-5-16(13(18)4-2)24-17-19-8-15-14(21-17)7-20-22(15)11-6-12(9-23)25-10-11;1-4(2)5-3;;/h3-5,7,9H,1H2,2H3;4-5H,1-3H3;;/q-3;;+1;/b13-4+,16-5+;;;. The summed E-state index contributed by atoms with van der Waals surface area (Å²) >= 11 is 7.23. The second-order valence-electron chi connectivity index (χ2n) is 6.02. The largest absolute Gasteiger partial charge is 1.00 e. The zero-order chi connectivity index (χ0) is 22.1. The predicted molar refractivity (Wildman–Crippen MR) is 119 cm³/mol. The number of aldehydes is 1. The summed E-state index contributed by atoms with van der Waals surface area (Å²) in [7, 11) is 1.95. The molecule has 7 nitrogen and oxygen atoms in total. The van der Waals surface area contributed by atoms with E-state index in [2.05, 4.69) is 58.5 Å². The second kappa shape index (κ2) is 16.3. The van der Waals surface area contributed by atoms with Crippen LogP contribution < -0.4 is 68.2 Å². The van der Waals surface area contributed by atoms with Crippen LogP contribution >= 0.6 is 22.9 Å². The van der Waals surface area contributed by atoms with Crippen LogP contribution in [0.15, 0.2) is 41.8 Å². The van der Waals surface area contributed by atoms with Gasteiger partial charge in [0.15, 0.2) is 0 Å². The van der Waals surface area contributed by atoms with Crippen molar-refractivity contribution in [2.45, 2.75) is 26.8 Å². The van der Waals surface area contributed by atoms with E-state index in [0.29, 0.717) is 44.7 Å².